The van der Waals surface area contributed by atoms with Gasteiger partial charge in [0.25, 0.3) is 0 Å². The van der Waals surface area contributed by atoms with Crippen LogP contribution >= 0.6 is 0 Å². The third kappa shape index (κ3) is 3.70. The second kappa shape index (κ2) is 7.04. The minimum absolute atomic E-state index is 0.102. The van der Waals surface area contributed by atoms with Gasteiger partial charge < -0.3 is 15.1 Å². The minimum Gasteiger partial charge on any atom is -0.339 e. The van der Waals surface area contributed by atoms with Gasteiger partial charge in [0.1, 0.15) is 0 Å². The second-order valence-electron chi connectivity index (χ2n) is 5.67. The predicted molar refractivity (Wildman–Crippen MR) is 77.4 cm³/mol. The average molecular weight is 282 g/mol. The molecule has 0 aromatic rings. The monoisotopic (exact) mass is 282 g/mol. The number of carbonyl (C=O) groups is 2. The largest absolute Gasteiger partial charge is 0.339 e. The zero-order valence-corrected chi connectivity index (χ0v) is 12.6. The summed E-state index contributed by atoms with van der Waals surface area (Å²) in [5.41, 5.74) is 0. The number of nitrogens with zero attached hydrogens (tertiary/aromatic N) is 3. The molecule has 2 heterocycles. The average Bonchev–Trinajstić information content (AvgIpc) is 2.37. The van der Waals surface area contributed by atoms with E-state index >= 15 is 0 Å². The summed E-state index contributed by atoms with van der Waals surface area (Å²) in [6, 6.07) is 0.511. The van der Waals surface area contributed by atoms with Crippen molar-refractivity contribution in [1.29, 1.82) is 0 Å². The van der Waals surface area contributed by atoms with Crippen molar-refractivity contribution in [2.45, 2.75) is 26.3 Å². The van der Waals surface area contributed by atoms with Crippen LogP contribution in [0.15, 0.2) is 0 Å². The molecule has 114 valence electrons. The molecular formula is C14H26N4O2. The molecule has 0 atom stereocenters. The standard InChI is InChI=1S/C14H26N4O2/c1-3-4-18(13-9-15-10-13)11-14(20)17-7-5-16(6-8-17)12(2)19/h13,15H,3-11H2,1-2H3. The maximum Gasteiger partial charge on any atom is 0.236 e. The Balaban J connectivity index is 1.80. The highest BCUT2D eigenvalue weighted by Gasteiger charge is 2.28. The van der Waals surface area contributed by atoms with Gasteiger partial charge in [0, 0.05) is 52.2 Å². The summed E-state index contributed by atoms with van der Waals surface area (Å²) in [5, 5.41) is 3.26. The van der Waals surface area contributed by atoms with E-state index < -0.39 is 0 Å². The first-order valence-electron chi connectivity index (χ1n) is 7.60. The lowest BCUT2D eigenvalue weighted by molar-refractivity contribution is -0.139. The SMILES string of the molecule is CCCN(CC(=O)N1CCN(C(C)=O)CC1)C1CNC1. The van der Waals surface area contributed by atoms with Gasteiger partial charge in [-0.15, -0.1) is 0 Å². The summed E-state index contributed by atoms with van der Waals surface area (Å²) in [6.45, 7) is 9.88. The molecule has 6 heteroatoms. The molecule has 0 spiro atoms. The Hall–Kier alpha value is -1.14. The molecule has 2 rings (SSSR count). The summed E-state index contributed by atoms with van der Waals surface area (Å²) in [7, 11) is 0. The van der Waals surface area contributed by atoms with E-state index in [-0.39, 0.29) is 11.8 Å². The third-order valence-electron chi connectivity index (χ3n) is 4.20. The lowest BCUT2D eigenvalue weighted by Gasteiger charge is -2.40. The molecule has 0 bridgehead atoms. The molecule has 1 N–H and O–H groups in total. The molecule has 2 saturated heterocycles. The van der Waals surface area contributed by atoms with E-state index in [9.17, 15) is 9.59 Å². The van der Waals surface area contributed by atoms with Crippen molar-refractivity contribution in [3.8, 4) is 0 Å². The van der Waals surface area contributed by atoms with Crippen molar-refractivity contribution < 1.29 is 9.59 Å². The molecule has 0 aromatic carbocycles. The van der Waals surface area contributed by atoms with Gasteiger partial charge in [-0.1, -0.05) is 6.92 Å². The molecule has 2 aliphatic rings. The number of hydrogen-bond acceptors (Lipinski definition) is 4. The smallest absolute Gasteiger partial charge is 0.236 e. The van der Waals surface area contributed by atoms with Gasteiger partial charge in [-0.25, -0.2) is 0 Å². The van der Waals surface area contributed by atoms with E-state index in [0.29, 0.717) is 38.8 Å². The summed E-state index contributed by atoms with van der Waals surface area (Å²) in [4.78, 5) is 29.6. The van der Waals surface area contributed by atoms with Gasteiger partial charge in [-0.2, -0.15) is 0 Å². The molecule has 0 aromatic heterocycles. The van der Waals surface area contributed by atoms with E-state index in [4.69, 9.17) is 0 Å². The van der Waals surface area contributed by atoms with Gasteiger partial charge in [-0.05, 0) is 13.0 Å². The molecule has 20 heavy (non-hydrogen) atoms. The molecule has 2 aliphatic heterocycles. The van der Waals surface area contributed by atoms with Crippen molar-refractivity contribution in [3.05, 3.63) is 0 Å². The second-order valence-corrected chi connectivity index (χ2v) is 5.67. The Kier molecular flexibility index (Phi) is 5.37. The Labute approximate surface area is 121 Å². The fourth-order valence-corrected chi connectivity index (χ4v) is 2.75. The van der Waals surface area contributed by atoms with Crippen LogP contribution in [0.3, 0.4) is 0 Å². The van der Waals surface area contributed by atoms with Gasteiger partial charge in [0.2, 0.25) is 11.8 Å². The zero-order chi connectivity index (χ0) is 14.5. The van der Waals surface area contributed by atoms with Crippen LogP contribution in [0, 0.1) is 0 Å². The molecule has 0 unspecified atom stereocenters. The van der Waals surface area contributed by atoms with Crippen molar-refractivity contribution in [2.75, 3.05) is 52.4 Å². The van der Waals surface area contributed by atoms with Crippen molar-refractivity contribution >= 4 is 11.8 Å². The highest BCUT2D eigenvalue weighted by Crippen LogP contribution is 2.08. The van der Waals surface area contributed by atoms with Crippen LogP contribution in [0.2, 0.25) is 0 Å². The fourth-order valence-electron chi connectivity index (χ4n) is 2.75. The van der Waals surface area contributed by atoms with Crippen LogP contribution in [0.1, 0.15) is 20.3 Å². The van der Waals surface area contributed by atoms with Gasteiger partial charge in [-0.3, -0.25) is 14.5 Å². The Bertz CT molecular complexity index is 349. The Morgan fingerprint density at radius 3 is 2.20 bits per heavy atom. The van der Waals surface area contributed by atoms with Crippen LogP contribution in [-0.4, -0.2) is 84.9 Å². The van der Waals surface area contributed by atoms with Crippen molar-refractivity contribution in [2.24, 2.45) is 0 Å². The van der Waals surface area contributed by atoms with E-state index in [2.05, 4.69) is 17.1 Å². The Morgan fingerprint density at radius 2 is 1.75 bits per heavy atom. The van der Waals surface area contributed by atoms with Crippen molar-refractivity contribution in [3.63, 3.8) is 0 Å². The van der Waals surface area contributed by atoms with E-state index in [1.54, 1.807) is 6.92 Å². The van der Waals surface area contributed by atoms with E-state index in [1.807, 2.05) is 9.80 Å². The third-order valence-corrected chi connectivity index (χ3v) is 4.20. The first-order chi connectivity index (χ1) is 9.61. The maximum atomic E-state index is 12.4. The maximum absolute atomic E-state index is 12.4. The molecule has 0 aliphatic carbocycles. The molecule has 0 radical (unpaired) electrons. The van der Waals surface area contributed by atoms with Crippen LogP contribution in [-0.2, 0) is 9.59 Å². The molecule has 2 amide bonds. The van der Waals surface area contributed by atoms with E-state index in [0.717, 1.165) is 26.1 Å². The predicted octanol–water partition coefficient (Wildman–Crippen LogP) is -0.639. The number of hydrogen-bond donors (Lipinski definition) is 1. The molecule has 2 fully saturated rings. The lowest BCUT2D eigenvalue weighted by Crippen LogP contribution is -2.60. The summed E-state index contributed by atoms with van der Waals surface area (Å²) >= 11 is 0. The van der Waals surface area contributed by atoms with Gasteiger partial charge in [0.05, 0.1) is 6.54 Å². The summed E-state index contributed by atoms with van der Waals surface area (Å²) < 4.78 is 0. The fraction of sp³-hybridized carbons (Fsp3) is 0.857. The molecular weight excluding hydrogens is 256 g/mol. The van der Waals surface area contributed by atoms with E-state index in [1.165, 1.54) is 0 Å². The Morgan fingerprint density at radius 1 is 1.15 bits per heavy atom. The van der Waals surface area contributed by atoms with Gasteiger partial charge in [0.15, 0.2) is 0 Å². The topological polar surface area (TPSA) is 55.9 Å². The van der Waals surface area contributed by atoms with Crippen LogP contribution in [0.5, 0.6) is 0 Å². The zero-order valence-electron chi connectivity index (χ0n) is 12.6. The summed E-state index contributed by atoms with van der Waals surface area (Å²) in [6.07, 6.45) is 1.07. The molecule has 6 nitrogen and oxygen atoms in total. The quantitative estimate of drug-likeness (QED) is 0.729. The highest BCUT2D eigenvalue weighted by atomic mass is 16.2. The lowest BCUT2D eigenvalue weighted by atomic mass is 10.1. The number of rotatable bonds is 5. The molecule has 0 saturated carbocycles. The first-order valence-corrected chi connectivity index (χ1v) is 7.60. The summed E-state index contributed by atoms with van der Waals surface area (Å²) in [5.74, 6) is 0.304. The normalized spacial score (nSPS) is 20.1. The number of amides is 2. The van der Waals surface area contributed by atoms with Crippen molar-refractivity contribution in [1.82, 2.24) is 20.0 Å². The van der Waals surface area contributed by atoms with Crippen LogP contribution in [0.25, 0.3) is 0 Å². The number of nitrogens with one attached hydrogen (secondary N) is 1. The highest BCUT2D eigenvalue weighted by molar-refractivity contribution is 5.79. The van der Waals surface area contributed by atoms with Crippen LogP contribution < -0.4 is 5.32 Å². The first kappa shape index (κ1) is 15.3. The minimum atomic E-state index is 0.102. The van der Waals surface area contributed by atoms with Gasteiger partial charge >= 0.3 is 0 Å². The number of carbonyl (C=O) groups excluding carboxylic acids is 2. The number of piperazine rings is 1. The van der Waals surface area contributed by atoms with Crippen LogP contribution in [0.4, 0.5) is 0 Å².